The molecule has 0 aliphatic rings. The van der Waals surface area contributed by atoms with Crippen LogP contribution in [0.3, 0.4) is 0 Å². The topological polar surface area (TPSA) is 109 Å². The predicted molar refractivity (Wildman–Crippen MR) is 71.7 cm³/mol. The van der Waals surface area contributed by atoms with Gasteiger partial charge in [-0.2, -0.15) is 0 Å². The number of anilines is 1. The van der Waals surface area contributed by atoms with Crippen molar-refractivity contribution in [1.82, 2.24) is 4.98 Å². The van der Waals surface area contributed by atoms with Crippen LogP contribution in [-0.2, 0) is 0 Å². The van der Waals surface area contributed by atoms with E-state index < -0.39 is 11.9 Å². The largest absolute Gasteiger partial charge is 0.507 e. The lowest BCUT2D eigenvalue weighted by Crippen LogP contribution is -2.12. The first kappa shape index (κ1) is 13.8. The molecule has 0 fully saturated rings. The Hall–Kier alpha value is -2.61. The maximum absolute atomic E-state index is 11.9. The van der Waals surface area contributed by atoms with E-state index in [1.165, 1.54) is 30.7 Å². The monoisotopic (exact) mass is 294 g/mol. The summed E-state index contributed by atoms with van der Waals surface area (Å²) < 4.78 is 4.91. The summed E-state index contributed by atoms with van der Waals surface area (Å²) in [4.78, 5) is 26.3. The summed E-state index contributed by atoms with van der Waals surface area (Å²) in [7, 11) is 1.44. The van der Waals surface area contributed by atoms with Gasteiger partial charge >= 0.3 is 5.97 Å². The highest BCUT2D eigenvalue weighted by molar-refractivity contribution is 7.14. The number of aromatic hydroxyl groups is 1. The van der Waals surface area contributed by atoms with E-state index in [4.69, 9.17) is 9.84 Å². The molecule has 0 atom stereocenters. The molecule has 0 unspecified atom stereocenters. The molecule has 0 aliphatic heterocycles. The fourth-order valence-electron chi connectivity index (χ4n) is 1.42. The van der Waals surface area contributed by atoms with Crippen LogP contribution in [0.5, 0.6) is 11.5 Å². The van der Waals surface area contributed by atoms with Gasteiger partial charge in [0.1, 0.15) is 11.5 Å². The second-order valence-corrected chi connectivity index (χ2v) is 4.54. The minimum atomic E-state index is -1.17. The molecule has 0 radical (unpaired) electrons. The molecule has 104 valence electrons. The van der Waals surface area contributed by atoms with E-state index in [1.54, 1.807) is 0 Å². The number of carbonyl (C=O) groups excluding carboxylic acids is 1. The number of nitrogens with zero attached hydrogens (tertiary/aromatic N) is 1. The maximum Gasteiger partial charge on any atom is 0.355 e. The first-order valence-electron chi connectivity index (χ1n) is 5.38. The summed E-state index contributed by atoms with van der Waals surface area (Å²) in [6.45, 7) is 0. The van der Waals surface area contributed by atoms with Gasteiger partial charge in [-0.05, 0) is 12.1 Å². The van der Waals surface area contributed by atoms with Gasteiger partial charge in [0.05, 0.1) is 12.7 Å². The minimum absolute atomic E-state index is 0.0397. The molecule has 1 amide bonds. The van der Waals surface area contributed by atoms with Gasteiger partial charge in [0.15, 0.2) is 10.8 Å². The molecule has 3 N–H and O–H groups in total. The molecule has 1 aromatic carbocycles. The van der Waals surface area contributed by atoms with Crippen LogP contribution in [0.4, 0.5) is 5.13 Å². The summed E-state index contributed by atoms with van der Waals surface area (Å²) in [6, 6.07) is 4.23. The Morgan fingerprint density at radius 3 is 2.70 bits per heavy atom. The van der Waals surface area contributed by atoms with Gasteiger partial charge in [0.25, 0.3) is 5.91 Å². The van der Waals surface area contributed by atoms with E-state index in [1.807, 2.05) is 0 Å². The molecule has 20 heavy (non-hydrogen) atoms. The number of hydrogen-bond donors (Lipinski definition) is 3. The summed E-state index contributed by atoms with van der Waals surface area (Å²) >= 11 is 0.984. The fourth-order valence-corrected chi connectivity index (χ4v) is 2.10. The Morgan fingerprint density at radius 1 is 1.40 bits per heavy atom. The third-order valence-electron chi connectivity index (χ3n) is 2.39. The molecular weight excluding hydrogens is 284 g/mol. The van der Waals surface area contributed by atoms with E-state index in [9.17, 15) is 14.7 Å². The van der Waals surface area contributed by atoms with E-state index in [0.717, 1.165) is 11.3 Å². The number of phenolic OH excluding ortho intramolecular Hbond substituents is 1. The van der Waals surface area contributed by atoms with Gasteiger partial charge in [-0.3, -0.25) is 10.1 Å². The number of benzene rings is 1. The Bertz CT molecular complexity index is 668. The lowest BCUT2D eigenvalue weighted by molar-refractivity contribution is 0.0691. The highest BCUT2D eigenvalue weighted by Crippen LogP contribution is 2.25. The van der Waals surface area contributed by atoms with Gasteiger partial charge in [-0.1, -0.05) is 0 Å². The normalized spacial score (nSPS) is 10.1. The Labute approximate surface area is 117 Å². The average Bonchev–Trinajstić information content (AvgIpc) is 2.87. The smallest absolute Gasteiger partial charge is 0.355 e. The lowest BCUT2D eigenvalue weighted by Gasteiger charge is -2.06. The van der Waals surface area contributed by atoms with Crippen LogP contribution in [0.1, 0.15) is 20.8 Å². The molecule has 0 saturated carbocycles. The number of amides is 1. The number of carboxylic acids is 1. The van der Waals surface area contributed by atoms with Gasteiger partial charge in [0.2, 0.25) is 0 Å². The number of hydrogen-bond acceptors (Lipinski definition) is 6. The summed E-state index contributed by atoms with van der Waals surface area (Å²) in [5, 5.41) is 22.3. The molecule has 1 heterocycles. The van der Waals surface area contributed by atoms with Crippen LogP contribution in [0.25, 0.3) is 0 Å². The number of nitrogens with one attached hydrogen (secondary N) is 1. The number of rotatable bonds is 4. The maximum atomic E-state index is 11.9. The number of carbonyl (C=O) groups is 2. The first-order valence-corrected chi connectivity index (χ1v) is 6.26. The molecule has 0 bridgehead atoms. The van der Waals surface area contributed by atoms with Crippen molar-refractivity contribution in [2.45, 2.75) is 0 Å². The number of thiazole rings is 1. The summed E-state index contributed by atoms with van der Waals surface area (Å²) in [6.07, 6.45) is 0. The van der Waals surface area contributed by atoms with Crippen molar-refractivity contribution < 1.29 is 24.5 Å². The molecule has 0 saturated heterocycles. The zero-order valence-corrected chi connectivity index (χ0v) is 11.1. The standard InChI is InChI=1S/C12H10N2O5S/c1-19-6-2-3-7(9(15)4-6)10(16)14-12-13-8(5-20-12)11(17)18/h2-5,15H,1H3,(H,17,18)(H,13,14,16). The highest BCUT2D eigenvalue weighted by atomic mass is 32.1. The predicted octanol–water partition coefficient (Wildman–Crippen LogP) is 1.81. The number of methoxy groups -OCH3 is 1. The quantitative estimate of drug-likeness (QED) is 0.793. The van der Waals surface area contributed by atoms with Crippen LogP contribution in [-0.4, -0.2) is 34.2 Å². The van der Waals surface area contributed by atoms with E-state index in [2.05, 4.69) is 10.3 Å². The number of ether oxygens (including phenoxy) is 1. The number of phenols is 1. The molecule has 8 heteroatoms. The van der Waals surface area contributed by atoms with Crippen molar-refractivity contribution in [3.8, 4) is 11.5 Å². The number of carboxylic acid groups (broad SMARTS) is 1. The third-order valence-corrected chi connectivity index (χ3v) is 3.15. The molecular formula is C12H10N2O5S. The van der Waals surface area contributed by atoms with E-state index in [0.29, 0.717) is 5.75 Å². The van der Waals surface area contributed by atoms with Gasteiger partial charge in [-0.15, -0.1) is 11.3 Å². The lowest BCUT2D eigenvalue weighted by atomic mass is 10.2. The van der Waals surface area contributed by atoms with Gasteiger partial charge in [-0.25, -0.2) is 9.78 Å². The van der Waals surface area contributed by atoms with E-state index in [-0.39, 0.29) is 22.1 Å². The summed E-state index contributed by atoms with van der Waals surface area (Å²) in [5.74, 6) is -1.58. The van der Waals surface area contributed by atoms with Crippen LogP contribution in [0, 0.1) is 0 Å². The Balaban J connectivity index is 2.17. The number of aromatic carboxylic acids is 1. The van der Waals surface area contributed by atoms with Crippen LogP contribution in [0.15, 0.2) is 23.6 Å². The second kappa shape index (κ2) is 5.57. The molecule has 2 rings (SSSR count). The first-order chi connectivity index (χ1) is 9.51. The molecule has 2 aromatic rings. The van der Waals surface area contributed by atoms with Crippen molar-refractivity contribution in [3.63, 3.8) is 0 Å². The van der Waals surface area contributed by atoms with Crippen molar-refractivity contribution in [1.29, 1.82) is 0 Å². The summed E-state index contributed by atoms with van der Waals surface area (Å²) in [5.41, 5.74) is -0.109. The number of aromatic nitrogens is 1. The fraction of sp³-hybridized carbons (Fsp3) is 0.0833. The SMILES string of the molecule is COc1ccc(C(=O)Nc2nc(C(=O)O)cs2)c(O)c1. The van der Waals surface area contributed by atoms with Crippen LogP contribution >= 0.6 is 11.3 Å². The third kappa shape index (κ3) is 2.86. The molecule has 0 aliphatic carbocycles. The van der Waals surface area contributed by atoms with E-state index >= 15 is 0 Å². The van der Waals surface area contributed by atoms with Crippen LogP contribution in [0.2, 0.25) is 0 Å². The zero-order chi connectivity index (χ0) is 14.7. The van der Waals surface area contributed by atoms with Crippen molar-refractivity contribution in [2.24, 2.45) is 0 Å². The van der Waals surface area contributed by atoms with Crippen LogP contribution < -0.4 is 10.1 Å². The van der Waals surface area contributed by atoms with Crippen molar-refractivity contribution in [2.75, 3.05) is 12.4 Å². The van der Waals surface area contributed by atoms with Gasteiger partial charge in [0, 0.05) is 11.4 Å². The minimum Gasteiger partial charge on any atom is -0.507 e. The Morgan fingerprint density at radius 2 is 2.15 bits per heavy atom. The van der Waals surface area contributed by atoms with Crippen molar-refractivity contribution >= 4 is 28.3 Å². The average molecular weight is 294 g/mol. The molecule has 7 nitrogen and oxygen atoms in total. The van der Waals surface area contributed by atoms with Crippen molar-refractivity contribution in [3.05, 3.63) is 34.8 Å². The second-order valence-electron chi connectivity index (χ2n) is 3.68. The highest BCUT2D eigenvalue weighted by Gasteiger charge is 2.15. The molecule has 1 aromatic heterocycles. The van der Waals surface area contributed by atoms with Gasteiger partial charge < -0.3 is 14.9 Å². The molecule has 0 spiro atoms. The Kier molecular flexibility index (Phi) is 3.85. The zero-order valence-electron chi connectivity index (χ0n) is 10.3.